The second-order valence-electron chi connectivity index (χ2n) is 13.2. The summed E-state index contributed by atoms with van der Waals surface area (Å²) in [5.74, 6) is 0.905. The Morgan fingerprint density at radius 3 is 1.43 bits per heavy atom. The third kappa shape index (κ3) is 3.99. The van der Waals surface area contributed by atoms with Crippen molar-refractivity contribution in [3.8, 4) is 28.3 Å². The number of hydrogen-bond acceptors (Lipinski definition) is 1. The van der Waals surface area contributed by atoms with Gasteiger partial charge in [0.15, 0.2) is 0 Å². The van der Waals surface area contributed by atoms with Gasteiger partial charge in [-0.2, -0.15) is 0 Å². The van der Waals surface area contributed by atoms with E-state index in [0.717, 1.165) is 39.4 Å². The van der Waals surface area contributed by atoms with Gasteiger partial charge >= 0.3 is 0 Å². The molecule has 4 aromatic heterocycles. The van der Waals surface area contributed by atoms with E-state index >= 15 is 0 Å². The average Bonchev–Trinajstić information content (AvgIpc) is 3.84. The van der Waals surface area contributed by atoms with Gasteiger partial charge in [0, 0.05) is 55.3 Å². The van der Waals surface area contributed by atoms with E-state index in [2.05, 4.69) is 190 Å². The molecule has 51 heavy (non-hydrogen) atoms. The lowest BCUT2D eigenvalue weighted by Crippen LogP contribution is -1.99. The van der Waals surface area contributed by atoms with E-state index in [-0.39, 0.29) is 0 Å². The number of pyridine rings is 1. The molecule has 0 amide bonds. The molecule has 0 N–H and O–H groups in total. The van der Waals surface area contributed by atoms with Crippen LogP contribution in [0.1, 0.15) is 0 Å². The molecule has 11 rings (SSSR count). The van der Waals surface area contributed by atoms with Crippen molar-refractivity contribution in [1.29, 1.82) is 0 Å². The summed E-state index contributed by atoms with van der Waals surface area (Å²) in [4.78, 5) is 5.10. The highest BCUT2D eigenvalue weighted by Crippen LogP contribution is 2.43. The Kier molecular flexibility index (Phi) is 5.92. The lowest BCUT2D eigenvalue weighted by atomic mass is 10.0. The first kappa shape index (κ1) is 28.0. The maximum atomic E-state index is 5.10. The van der Waals surface area contributed by atoms with Gasteiger partial charge in [-0.25, -0.2) is 4.98 Å². The summed E-state index contributed by atoms with van der Waals surface area (Å²) in [6.45, 7) is 0. The molecule has 0 radical (unpaired) electrons. The molecule has 0 saturated carbocycles. The quantitative estimate of drug-likeness (QED) is 0.186. The maximum Gasteiger partial charge on any atom is 0.137 e. The first-order valence-electron chi connectivity index (χ1n) is 17.4. The smallest absolute Gasteiger partial charge is 0.137 e. The van der Waals surface area contributed by atoms with Crippen molar-refractivity contribution in [3.63, 3.8) is 0 Å². The summed E-state index contributed by atoms with van der Waals surface area (Å²) in [5.41, 5.74) is 11.6. The number of hydrogen-bond donors (Lipinski definition) is 0. The van der Waals surface area contributed by atoms with E-state index in [1.165, 1.54) is 54.4 Å². The van der Waals surface area contributed by atoms with Crippen LogP contribution in [0.5, 0.6) is 0 Å². The van der Waals surface area contributed by atoms with Gasteiger partial charge in [-0.15, -0.1) is 0 Å². The molecule has 7 aromatic carbocycles. The van der Waals surface area contributed by atoms with E-state index < -0.39 is 0 Å². The van der Waals surface area contributed by atoms with Crippen molar-refractivity contribution in [2.45, 2.75) is 0 Å². The molecular formula is C47H30N4. The molecule has 0 aliphatic heterocycles. The summed E-state index contributed by atoms with van der Waals surface area (Å²) in [7, 11) is 0. The molecule has 11 aromatic rings. The molecule has 0 fully saturated rings. The van der Waals surface area contributed by atoms with E-state index in [9.17, 15) is 0 Å². The Labute approximate surface area is 293 Å². The van der Waals surface area contributed by atoms with Gasteiger partial charge in [-0.3, -0.25) is 4.57 Å². The fourth-order valence-electron chi connectivity index (χ4n) is 8.39. The van der Waals surface area contributed by atoms with Crippen LogP contribution in [-0.4, -0.2) is 18.7 Å². The zero-order valence-corrected chi connectivity index (χ0v) is 27.6. The number of aromatic nitrogens is 4. The molecule has 4 heteroatoms. The van der Waals surface area contributed by atoms with Gasteiger partial charge in [0.25, 0.3) is 0 Å². The van der Waals surface area contributed by atoms with Crippen LogP contribution >= 0.6 is 0 Å². The number of fused-ring (bicyclic) bond motifs is 10. The summed E-state index contributed by atoms with van der Waals surface area (Å²) in [6, 6.07) is 63.1. The molecule has 4 heterocycles. The van der Waals surface area contributed by atoms with Crippen LogP contribution in [0.25, 0.3) is 93.7 Å². The van der Waals surface area contributed by atoms with E-state index in [4.69, 9.17) is 4.98 Å². The number of para-hydroxylation sites is 6. The van der Waals surface area contributed by atoms with Gasteiger partial charge in [0.05, 0.1) is 38.8 Å². The minimum Gasteiger partial charge on any atom is -0.309 e. The minimum absolute atomic E-state index is 0.905. The number of benzene rings is 7. The minimum atomic E-state index is 0.905. The van der Waals surface area contributed by atoms with Crippen molar-refractivity contribution in [2.75, 3.05) is 0 Å². The Bertz CT molecular complexity index is 3070. The first-order valence-corrected chi connectivity index (χ1v) is 17.4. The van der Waals surface area contributed by atoms with Crippen molar-refractivity contribution in [1.82, 2.24) is 18.7 Å². The van der Waals surface area contributed by atoms with Crippen LogP contribution in [-0.2, 0) is 0 Å². The van der Waals surface area contributed by atoms with E-state index in [1.54, 1.807) is 0 Å². The zero-order chi connectivity index (χ0) is 33.5. The standard InChI is InChI=1S/C47H30N4/c1-2-14-32(15-3-1)49-41-24-12-7-19-36(41)46-43(49)27-28-44-47(46)37-20-8-13-25-42(37)50(44)38-21-9-4-16-33(38)31-26-29-45(48-30-31)51-39-22-10-5-17-34(39)35-18-6-11-23-40(35)51/h1-30H. The predicted molar refractivity (Wildman–Crippen MR) is 213 cm³/mol. The number of nitrogens with zero attached hydrogens (tertiary/aromatic N) is 4. The SMILES string of the molecule is c1ccc(-n2c3ccccc3c3c4c5ccccc5n(-c5ccccc5-c5ccc(-n6c7ccccc7c7ccccc76)nc5)c4ccc32)cc1. The van der Waals surface area contributed by atoms with Crippen LogP contribution < -0.4 is 0 Å². The summed E-state index contributed by atoms with van der Waals surface area (Å²) in [6.07, 6.45) is 2.03. The highest BCUT2D eigenvalue weighted by atomic mass is 15.1. The van der Waals surface area contributed by atoms with Crippen LogP contribution in [0.4, 0.5) is 0 Å². The number of rotatable bonds is 4. The van der Waals surface area contributed by atoms with Gasteiger partial charge in [-0.1, -0.05) is 109 Å². The monoisotopic (exact) mass is 650 g/mol. The fourth-order valence-corrected chi connectivity index (χ4v) is 8.39. The lowest BCUT2D eigenvalue weighted by molar-refractivity contribution is 1.08. The molecule has 0 atom stereocenters. The molecule has 0 saturated heterocycles. The second kappa shape index (κ2) is 10.8. The summed E-state index contributed by atoms with van der Waals surface area (Å²) >= 11 is 0. The largest absolute Gasteiger partial charge is 0.309 e. The molecule has 0 bridgehead atoms. The second-order valence-corrected chi connectivity index (χ2v) is 13.2. The molecule has 0 aliphatic rings. The van der Waals surface area contributed by atoms with E-state index in [1.807, 2.05) is 6.20 Å². The maximum absolute atomic E-state index is 5.10. The van der Waals surface area contributed by atoms with Gasteiger partial charge in [0.1, 0.15) is 5.82 Å². The fraction of sp³-hybridized carbons (Fsp3) is 0. The predicted octanol–water partition coefficient (Wildman–Crippen LogP) is 12.0. The molecule has 0 spiro atoms. The van der Waals surface area contributed by atoms with Crippen LogP contribution in [0.3, 0.4) is 0 Å². The Hall–Kier alpha value is -6.91. The van der Waals surface area contributed by atoms with Crippen molar-refractivity contribution < 1.29 is 0 Å². The highest BCUT2D eigenvalue weighted by Gasteiger charge is 2.21. The third-order valence-electron chi connectivity index (χ3n) is 10.5. The molecule has 4 nitrogen and oxygen atoms in total. The van der Waals surface area contributed by atoms with Crippen molar-refractivity contribution in [2.24, 2.45) is 0 Å². The topological polar surface area (TPSA) is 27.7 Å². The van der Waals surface area contributed by atoms with Gasteiger partial charge in [-0.05, 0) is 66.7 Å². The molecule has 238 valence electrons. The van der Waals surface area contributed by atoms with E-state index in [0.29, 0.717) is 0 Å². The molecular weight excluding hydrogens is 621 g/mol. The average molecular weight is 651 g/mol. The lowest BCUT2D eigenvalue weighted by Gasteiger charge is -2.15. The van der Waals surface area contributed by atoms with Gasteiger partial charge in [0.2, 0.25) is 0 Å². The highest BCUT2D eigenvalue weighted by molar-refractivity contribution is 6.29. The molecule has 0 unspecified atom stereocenters. The Balaban J connectivity index is 1.14. The van der Waals surface area contributed by atoms with Crippen molar-refractivity contribution >= 4 is 65.4 Å². The Morgan fingerprint density at radius 2 is 0.824 bits per heavy atom. The zero-order valence-electron chi connectivity index (χ0n) is 27.6. The van der Waals surface area contributed by atoms with Crippen molar-refractivity contribution in [3.05, 3.63) is 182 Å². The first-order chi connectivity index (χ1) is 25.3. The molecule has 0 aliphatic carbocycles. The van der Waals surface area contributed by atoms with Crippen LogP contribution in [0, 0.1) is 0 Å². The van der Waals surface area contributed by atoms with Crippen LogP contribution in [0.2, 0.25) is 0 Å². The summed E-state index contributed by atoms with van der Waals surface area (Å²) in [5, 5.41) is 7.50. The summed E-state index contributed by atoms with van der Waals surface area (Å²) < 4.78 is 7.11. The normalized spacial score (nSPS) is 11.9. The Morgan fingerprint density at radius 1 is 0.333 bits per heavy atom. The third-order valence-corrected chi connectivity index (χ3v) is 10.5. The van der Waals surface area contributed by atoms with Crippen LogP contribution in [0.15, 0.2) is 182 Å². The van der Waals surface area contributed by atoms with Gasteiger partial charge < -0.3 is 9.13 Å².